The van der Waals surface area contributed by atoms with Gasteiger partial charge in [-0.2, -0.15) is 0 Å². The first-order valence-electron chi connectivity index (χ1n) is 6.10. The van der Waals surface area contributed by atoms with Crippen LogP contribution in [-0.2, 0) is 4.79 Å². The first kappa shape index (κ1) is 18.6. The summed E-state index contributed by atoms with van der Waals surface area (Å²) in [6, 6.07) is 2.81. The van der Waals surface area contributed by atoms with Gasteiger partial charge in [0, 0.05) is 12.5 Å². The van der Waals surface area contributed by atoms with E-state index in [0.29, 0.717) is 19.4 Å². The monoisotopic (exact) mass is 308 g/mol. The van der Waals surface area contributed by atoms with E-state index in [-0.39, 0.29) is 36.7 Å². The first-order chi connectivity index (χ1) is 9.02. The fourth-order valence-corrected chi connectivity index (χ4v) is 1.46. The predicted molar refractivity (Wildman–Crippen MR) is 75.0 cm³/mol. The Morgan fingerprint density at radius 1 is 1.45 bits per heavy atom. The van der Waals surface area contributed by atoms with Crippen LogP contribution < -0.4 is 15.8 Å². The summed E-state index contributed by atoms with van der Waals surface area (Å²) in [5, 5.41) is 2.70. The molecule has 1 aromatic carbocycles. The number of benzene rings is 1. The highest BCUT2D eigenvalue weighted by atomic mass is 35.5. The SMILES string of the molecule is CC(COc1ccc(F)cc1F)NC(=O)CCCN.Cl. The number of nitrogens with one attached hydrogen (secondary N) is 1. The summed E-state index contributed by atoms with van der Waals surface area (Å²) < 4.78 is 31.1. The van der Waals surface area contributed by atoms with E-state index in [4.69, 9.17) is 10.5 Å². The Morgan fingerprint density at radius 2 is 2.15 bits per heavy atom. The lowest BCUT2D eigenvalue weighted by Gasteiger charge is -2.15. The fraction of sp³-hybridized carbons (Fsp3) is 0.462. The summed E-state index contributed by atoms with van der Waals surface area (Å²) in [5.74, 6) is -1.58. The highest BCUT2D eigenvalue weighted by Gasteiger charge is 2.10. The molecule has 0 saturated heterocycles. The molecule has 0 bridgehead atoms. The van der Waals surface area contributed by atoms with Crippen LogP contribution in [0.3, 0.4) is 0 Å². The number of nitrogens with two attached hydrogens (primary N) is 1. The Hall–Kier alpha value is -1.40. The predicted octanol–water partition coefficient (Wildman–Crippen LogP) is 2.01. The van der Waals surface area contributed by atoms with E-state index >= 15 is 0 Å². The maximum absolute atomic E-state index is 13.3. The third kappa shape index (κ3) is 6.68. The van der Waals surface area contributed by atoms with Gasteiger partial charge in [0.2, 0.25) is 5.91 Å². The zero-order chi connectivity index (χ0) is 14.3. The summed E-state index contributed by atoms with van der Waals surface area (Å²) in [4.78, 5) is 11.4. The average Bonchev–Trinajstić information content (AvgIpc) is 2.35. The summed E-state index contributed by atoms with van der Waals surface area (Å²) in [7, 11) is 0. The van der Waals surface area contributed by atoms with Gasteiger partial charge in [0.15, 0.2) is 11.6 Å². The van der Waals surface area contributed by atoms with Crippen LogP contribution in [0, 0.1) is 11.6 Å². The van der Waals surface area contributed by atoms with E-state index in [9.17, 15) is 13.6 Å². The number of hydrogen-bond acceptors (Lipinski definition) is 3. The van der Waals surface area contributed by atoms with Crippen molar-refractivity contribution in [2.24, 2.45) is 5.73 Å². The molecule has 0 saturated carbocycles. The molecule has 1 aromatic rings. The Labute approximate surface area is 123 Å². The molecule has 1 atom stereocenters. The van der Waals surface area contributed by atoms with Gasteiger partial charge in [-0.1, -0.05) is 0 Å². The summed E-state index contributed by atoms with van der Waals surface area (Å²) in [6.45, 7) is 2.30. The molecule has 0 aliphatic rings. The third-order valence-corrected chi connectivity index (χ3v) is 2.40. The molecule has 0 fully saturated rings. The second kappa shape index (κ2) is 9.50. The molecule has 0 radical (unpaired) electrons. The molecule has 114 valence electrons. The van der Waals surface area contributed by atoms with Gasteiger partial charge >= 0.3 is 0 Å². The molecule has 1 amide bonds. The van der Waals surface area contributed by atoms with Gasteiger partial charge in [-0.25, -0.2) is 8.78 Å². The van der Waals surface area contributed by atoms with Crippen molar-refractivity contribution in [3.05, 3.63) is 29.8 Å². The zero-order valence-corrected chi connectivity index (χ0v) is 12.0. The molecule has 0 aromatic heterocycles. The maximum Gasteiger partial charge on any atom is 0.220 e. The van der Waals surface area contributed by atoms with E-state index in [1.165, 1.54) is 6.07 Å². The normalized spacial score (nSPS) is 11.4. The van der Waals surface area contributed by atoms with Gasteiger partial charge in [0.1, 0.15) is 12.4 Å². The lowest BCUT2D eigenvalue weighted by Crippen LogP contribution is -2.36. The van der Waals surface area contributed by atoms with Crippen molar-refractivity contribution < 1.29 is 18.3 Å². The van der Waals surface area contributed by atoms with Gasteiger partial charge in [0.05, 0.1) is 6.04 Å². The largest absolute Gasteiger partial charge is 0.488 e. The number of ether oxygens (including phenoxy) is 1. The maximum atomic E-state index is 13.3. The van der Waals surface area contributed by atoms with Crippen LogP contribution in [0.25, 0.3) is 0 Å². The standard InChI is InChI=1S/C13H18F2N2O2.ClH/c1-9(17-13(18)3-2-6-16)8-19-12-5-4-10(14)7-11(12)15;/h4-5,7,9H,2-3,6,8,16H2,1H3,(H,17,18);1H. The van der Waals surface area contributed by atoms with Crippen LogP contribution in [0.4, 0.5) is 8.78 Å². The van der Waals surface area contributed by atoms with Gasteiger partial charge in [-0.15, -0.1) is 12.4 Å². The lowest BCUT2D eigenvalue weighted by atomic mass is 10.2. The molecular weight excluding hydrogens is 290 g/mol. The Bertz CT molecular complexity index is 433. The van der Waals surface area contributed by atoms with Gasteiger partial charge in [0.25, 0.3) is 0 Å². The zero-order valence-electron chi connectivity index (χ0n) is 11.2. The van der Waals surface area contributed by atoms with Gasteiger partial charge < -0.3 is 15.8 Å². The number of carbonyl (C=O) groups excluding carboxylic acids is 1. The molecular formula is C13H19ClF2N2O2. The number of amides is 1. The minimum Gasteiger partial charge on any atom is -0.488 e. The van der Waals surface area contributed by atoms with E-state index in [2.05, 4.69) is 5.32 Å². The molecule has 1 rings (SSSR count). The molecule has 4 nitrogen and oxygen atoms in total. The molecule has 0 aliphatic heterocycles. The first-order valence-corrected chi connectivity index (χ1v) is 6.10. The quantitative estimate of drug-likeness (QED) is 0.810. The van der Waals surface area contributed by atoms with Crippen molar-refractivity contribution in [2.75, 3.05) is 13.2 Å². The van der Waals surface area contributed by atoms with Crippen LogP contribution in [-0.4, -0.2) is 25.1 Å². The van der Waals surface area contributed by atoms with E-state index in [1.807, 2.05) is 0 Å². The van der Waals surface area contributed by atoms with E-state index in [1.54, 1.807) is 6.92 Å². The summed E-state index contributed by atoms with van der Waals surface area (Å²) >= 11 is 0. The number of halogens is 3. The summed E-state index contributed by atoms with van der Waals surface area (Å²) in [5.41, 5.74) is 5.29. The molecule has 20 heavy (non-hydrogen) atoms. The minimum absolute atomic E-state index is 0. The number of hydrogen-bond donors (Lipinski definition) is 2. The van der Waals surface area contributed by atoms with Crippen molar-refractivity contribution in [3.8, 4) is 5.75 Å². The topological polar surface area (TPSA) is 64.3 Å². The van der Waals surface area contributed by atoms with Crippen LogP contribution in [0.2, 0.25) is 0 Å². The fourth-order valence-electron chi connectivity index (χ4n) is 1.46. The average molecular weight is 309 g/mol. The van der Waals surface area contributed by atoms with Crippen molar-refractivity contribution in [1.29, 1.82) is 0 Å². The van der Waals surface area contributed by atoms with Crippen molar-refractivity contribution >= 4 is 18.3 Å². The van der Waals surface area contributed by atoms with Crippen LogP contribution in [0.5, 0.6) is 5.75 Å². The second-order valence-electron chi connectivity index (χ2n) is 4.25. The number of rotatable bonds is 7. The molecule has 1 unspecified atom stereocenters. The van der Waals surface area contributed by atoms with Crippen LogP contribution in [0.1, 0.15) is 19.8 Å². The summed E-state index contributed by atoms with van der Waals surface area (Å²) in [6.07, 6.45) is 0.970. The Kier molecular flexibility index (Phi) is 8.83. The van der Waals surface area contributed by atoms with E-state index in [0.717, 1.165) is 12.1 Å². The van der Waals surface area contributed by atoms with E-state index < -0.39 is 11.6 Å². The molecule has 0 heterocycles. The van der Waals surface area contributed by atoms with Crippen molar-refractivity contribution in [3.63, 3.8) is 0 Å². The minimum atomic E-state index is -0.762. The highest BCUT2D eigenvalue weighted by Crippen LogP contribution is 2.17. The van der Waals surface area contributed by atoms with Crippen molar-refractivity contribution in [2.45, 2.75) is 25.8 Å². The lowest BCUT2D eigenvalue weighted by molar-refractivity contribution is -0.121. The highest BCUT2D eigenvalue weighted by molar-refractivity contribution is 5.85. The molecule has 0 aliphatic carbocycles. The number of carbonyl (C=O) groups is 1. The van der Waals surface area contributed by atoms with Crippen molar-refractivity contribution in [1.82, 2.24) is 5.32 Å². The smallest absolute Gasteiger partial charge is 0.220 e. The van der Waals surface area contributed by atoms with Gasteiger partial charge in [-0.3, -0.25) is 4.79 Å². The molecule has 0 spiro atoms. The Balaban J connectivity index is 0.00000361. The molecule has 7 heteroatoms. The van der Waals surface area contributed by atoms with Crippen LogP contribution in [0.15, 0.2) is 18.2 Å². The third-order valence-electron chi connectivity index (χ3n) is 2.40. The Morgan fingerprint density at radius 3 is 2.75 bits per heavy atom. The second-order valence-corrected chi connectivity index (χ2v) is 4.25. The molecule has 3 N–H and O–H groups in total. The van der Waals surface area contributed by atoms with Crippen LogP contribution >= 0.6 is 12.4 Å². The van der Waals surface area contributed by atoms with Gasteiger partial charge in [-0.05, 0) is 32.0 Å².